The van der Waals surface area contributed by atoms with E-state index in [9.17, 15) is 4.79 Å². The van der Waals surface area contributed by atoms with E-state index in [2.05, 4.69) is 0 Å². The number of rotatable bonds is 3. The van der Waals surface area contributed by atoms with Crippen molar-refractivity contribution < 1.29 is 4.79 Å². The number of carbonyl (C=O) groups excluding carboxylic acids is 1. The van der Waals surface area contributed by atoms with Gasteiger partial charge in [0.15, 0.2) is 0 Å². The number of fused-ring (bicyclic) bond motifs is 1. The highest BCUT2D eigenvalue weighted by molar-refractivity contribution is 5.90. The molecule has 1 aromatic heterocycles. The second-order valence-corrected chi connectivity index (χ2v) is 5.09. The Bertz CT molecular complexity index is 810. The highest BCUT2D eigenvalue weighted by atomic mass is 16.1. The maximum atomic E-state index is 11.4. The van der Waals surface area contributed by atoms with Crippen LogP contribution in [0.5, 0.6) is 0 Å². The first-order valence-electron chi connectivity index (χ1n) is 6.89. The third kappa shape index (κ3) is 2.50. The minimum atomic E-state index is -0.340. The highest BCUT2D eigenvalue weighted by Crippen LogP contribution is 2.29. The lowest BCUT2D eigenvalue weighted by molar-refractivity contribution is -0.117. The highest BCUT2D eigenvalue weighted by Gasteiger charge is 2.15. The molecule has 0 spiro atoms. The second kappa shape index (κ2) is 5.37. The van der Waals surface area contributed by atoms with Gasteiger partial charge < -0.3 is 5.73 Å². The Morgan fingerprint density at radius 3 is 2.43 bits per heavy atom. The van der Waals surface area contributed by atoms with Crippen LogP contribution in [0, 0.1) is 6.92 Å². The summed E-state index contributed by atoms with van der Waals surface area (Å²) in [5, 5.41) is 1.06. The molecule has 0 aliphatic rings. The SMILES string of the molecule is Cc1c(CC(N)=O)c(-c2ccccc2)nc2ccccc12. The van der Waals surface area contributed by atoms with Crippen molar-refractivity contribution in [3.63, 3.8) is 0 Å². The molecule has 2 aromatic carbocycles. The molecule has 0 unspecified atom stereocenters. The summed E-state index contributed by atoms with van der Waals surface area (Å²) < 4.78 is 0. The van der Waals surface area contributed by atoms with Crippen molar-refractivity contribution in [2.75, 3.05) is 0 Å². The van der Waals surface area contributed by atoms with Gasteiger partial charge in [-0.2, -0.15) is 0 Å². The number of aryl methyl sites for hydroxylation is 1. The summed E-state index contributed by atoms with van der Waals surface area (Å²) in [6.07, 6.45) is 0.202. The fourth-order valence-corrected chi connectivity index (χ4v) is 2.64. The molecule has 0 saturated carbocycles. The maximum Gasteiger partial charge on any atom is 0.221 e. The molecule has 0 aliphatic heterocycles. The van der Waals surface area contributed by atoms with Gasteiger partial charge in [-0.15, -0.1) is 0 Å². The summed E-state index contributed by atoms with van der Waals surface area (Å²) in [5.41, 5.74) is 10.2. The molecule has 0 bridgehead atoms. The van der Waals surface area contributed by atoms with Crippen LogP contribution in [0.4, 0.5) is 0 Å². The predicted octanol–water partition coefficient (Wildman–Crippen LogP) is 3.24. The smallest absolute Gasteiger partial charge is 0.221 e. The van der Waals surface area contributed by atoms with Crippen molar-refractivity contribution in [2.24, 2.45) is 5.73 Å². The van der Waals surface area contributed by atoms with Crippen LogP contribution < -0.4 is 5.73 Å². The van der Waals surface area contributed by atoms with Gasteiger partial charge in [-0.1, -0.05) is 48.5 Å². The average molecular weight is 276 g/mol. The first kappa shape index (κ1) is 13.3. The van der Waals surface area contributed by atoms with E-state index in [-0.39, 0.29) is 12.3 Å². The topological polar surface area (TPSA) is 56.0 Å². The first-order chi connectivity index (χ1) is 10.2. The van der Waals surface area contributed by atoms with Gasteiger partial charge in [0.25, 0.3) is 0 Å². The lowest BCUT2D eigenvalue weighted by atomic mass is 9.95. The van der Waals surface area contributed by atoms with E-state index in [0.717, 1.165) is 33.3 Å². The molecule has 21 heavy (non-hydrogen) atoms. The zero-order valence-electron chi connectivity index (χ0n) is 11.8. The van der Waals surface area contributed by atoms with Crippen molar-refractivity contribution in [1.82, 2.24) is 4.98 Å². The number of nitrogens with two attached hydrogens (primary N) is 1. The molecule has 3 aromatic rings. The van der Waals surface area contributed by atoms with E-state index in [1.54, 1.807) is 0 Å². The number of primary amides is 1. The van der Waals surface area contributed by atoms with Gasteiger partial charge >= 0.3 is 0 Å². The quantitative estimate of drug-likeness (QED) is 0.798. The Morgan fingerprint density at radius 1 is 1.05 bits per heavy atom. The summed E-state index contributed by atoms with van der Waals surface area (Å²) in [6.45, 7) is 2.02. The number of benzene rings is 2. The molecular weight excluding hydrogens is 260 g/mol. The van der Waals surface area contributed by atoms with Crippen LogP contribution in [0.2, 0.25) is 0 Å². The number of amides is 1. The number of pyridine rings is 1. The number of hydrogen-bond acceptors (Lipinski definition) is 2. The van der Waals surface area contributed by atoms with E-state index < -0.39 is 0 Å². The third-order valence-corrected chi connectivity index (χ3v) is 3.68. The van der Waals surface area contributed by atoms with E-state index in [4.69, 9.17) is 10.7 Å². The van der Waals surface area contributed by atoms with Crippen LogP contribution in [0.3, 0.4) is 0 Å². The maximum absolute atomic E-state index is 11.4. The zero-order chi connectivity index (χ0) is 14.8. The molecule has 1 amide bonds. The van der Waals surface area contributed by atoms with Gasteiger partial charge in [0, 0.05) is 10.9 Å². The summed E-state index contributed by atoms with van der Waals surface area (Å²) in [4.78, 5) is 16.2. The predicted molar refractivity (Wildman–Crippen MR) is 84.8 cm³/mol. The minimum absolute atomic E-state index is 0.202. The van der Waals surface area contributed by atoms with Crippen molar-refractivity contribution in [2.45, 2.75) is 13.3 Å². The van der Waals surface area contributed by atoms with Crippen LogP contribution >= 0.6 is 0 Å². The molecule has 3 rings (SSSR count). The lowest BCUT2D eigenvalue weighted by Crippen LogP contribution is -2.16. The van der Waals surface area contributed by atoms with Crippen LogP contribution in [-0.4, -0.2) is 10.9 Å². The van der Waals surface area contributed by atoms with E-state index in [0.29, 0.717) is 0 Å². The van der Waals surface area contributed by atoms with Crippen LogP contribution in [0.25, 0.3) is 22.2 Å². The molecule has 0 aliphatic carbocycles. The molecule has 0 saturated heterocycles. The molecule has 3 nitrogen and oxygen atoms in total. The van der Waals surface area contributed by atoms with Gasteiger partial charge in [0.2, 0.25) is 5.91 Å². The van der Waals surface area contributed by atoms with Crippen LogP contribution in [0.1, 0.15) is 11.1 Å². The van der Waals surface area contributed by atoms with Crippen molar-refractivity contribution in [3.8, 4) is 11.3 Å². The Kier molecular flexibility index (Phi) is 3.40. The molecule has 0 radical (unpaired) electrons. The van der Waals surface area contributed by atoms with Crippen LogP contribution in [-0.2, 0) is 11.2 Å². The Balaban J connectivity index is 2.33. The Morgan fingerprint density at radius 2 is 1.71 bits per heavy atom. The minimum Gasteiger partial charge on any atom is -0.369 e. The lowest BCUT2D eigenvalue weighted by Gasteiger charge is -2.14. The number of carbonyl (C=O) groups is 1. The van der Waals surface area contributed by atoms with E-state index >= 15 is 0 Å². The van der Waals surface area contributed by atoms with Gasteiger partial charge in [-0.05, 0) is 24.1 Å². The fraction of sp³-hybridized carbons (Fsp3) is 0.111. The summed E-state index contributed by atoms with van der Waals surface area (Å²) in [7, 11) is 0. The van der Waals surface area contributed by atoms with Crippen LogP contribution in [0.15, 0.2) is 54.6 Å². The number of aromatic nitrogens is 1. The molecular formula is C18H16N2O. The first-order valence-corrected chi connectivity index (χ1v) is 6.89. The molecule has 2 N–H and O–H groups in total. The van der Waals surface area contributed by atoms with Crippen molar-refractivity contribution in [1.29, 1.82) is 0 Å². The second-order valence-electron chi connectivity index (χ2n) is 5.09. The fourth-order valence-electron chi connectivity index (χ4n) is 2.64. The van der Waals surface area contributed by atoms with Gasteiger partial charge in [-0.25, -0.2) is 4.98 Å². The van der Waals surface area contributed by atoms with E-state index in [1.807, 2.05) is 61.5 Å². The summed E-state index contributed by atoms with van der Waals surface area (Å²) >= 11 is 0. The van der Waals surface area contributed by atoms with E-state index in [1.165, 1.54) is 0 Å². The van der Waals surface area contributed by atoms with Crippen molar-refractivity contribution in [3.05, 3.63) is 65.7 Å². The monoisotopic (exact) mass is 276 g/mol. The number of para-hydroxylation sites is 1. The molecule has 0 atom stereocenters. The third-order valence-electron chi connectivity index (χ3n) is 3.68. The van der Waals surface area contributed by atoms with Crippen molar-refractivity contribution >= 4 is 16.8 Å². The zero-order valence-corrected chi connectivity index (χ0v) is 11.8. The summed E-state index contributed by atoms with van der Waals surface area (Å²) in [5.74, 6) is -0.340. The number of hydrogen-bond donors (Lipinski definition) is 1. The Hall–Kier alpha value is -2.68. The molecule has 104 valence electrons. The normalized spacial score (nSPS) is 10.7. The molecule has 0 fully saturated rings. The van der Waals surface area contributed by atoms with Gasteiger partial charge in [-0.3, -0.25) is 4.79 Å². The molecule has 1 heterocycles. The van der Waals surface area contributed by atoms with Gasteiger partial charge in [0.1, 0.15) is 0 Å². The largest absolute Gasteiger partial charge is 0.369 e. The number of nitrogens with zero attached hydrogens (tertiary/aromatic N) is 1. The molecule has 3 heteroatoms. The summed E-state index contributed by atoms with van der Waals surface area (Å²) in [6, 6.07) is 17.9. The Labute approximate surface area is 123 Å². The average Bonchev–Trinajstić information content (AvgIpc) is 2.50. The standard InChI is InChI=1S/C18H16N2O/c1-12-14-9-5-6-10-16(14)20-18(15(12)11-17(19)21)13-7-3-2-4-8-13/h2-10H,11H2,1H3,(H2,19,21). The van der Waals surface area contributed by atoms with Gasteiger partial charge in [0.05, 0.1) is 17.6 Å².